The number of nitrogens with one attached hydrogen (secondary N) is 3. The van der Waals surface area contributed by atoms with Gasteiger partial charge in [-0.15, -0.1) is 0 Å². The zero-order chi connectivity index (χ0) is 22.6. The van der Waals surface area contributed by atoms with Crippen molar-refractivity contribution in [2.24, 2.45) is 0 Å². The lowest BCUT2D eigenvalue weighted by atomic mass is 10.2. The third kappa shape index (κ3) is 4.98. The molecular formula is C21H18FN3O5S. The van der Waals surface area contributed by atoms with E-state index in [9.17, 15) is 27.5 Å². The van der Waals surface area contributed by atoms with Crippen molar-refractivity contribution < 1.29 is 27.5 Å². The summed E-state index contributed by atoms with van der Waals surface area (Å²) in [5, 5.41) is 9.71. The number of hydrogen-bond acceptors (Lipinski definition) is 5. The maximum atomic E-state index is 13.5. The molecular weight excluding hydrogens is 425 g/mol. The minimum absolute atomic E-state index is 0.0428. The molecule has 2 amide bonds. The fraction of sp³-hybridized carbons (Fsp3) is 0.0476. The molecule has 3 aromatic carbocycles. The number of halogens is 1. The molecule has 160 valence electrons. The maximum absolute atomic E-state index is 13.5. The van der Waals surface area contributed by atoms with Gasteiger partial charge in [-0.2, -0.15) is 0 Å². The van der Waals surface area contributed by atoms with Gasteiger partial charge in [0.1, 0.15) is 11.6 Å². The fourth-order valence-corrected chi connectivity index (χ4v) is 3.84. The van der Waals surface area contributed by atoms with Crippen LogP contribution in [-0.4, -0.2) is 25.3 Å². The van der Waals surface area contributed by atoms with Crippen molar-refractivity contribution in [2.75, 3.05) is 4.72 Å². The van der Waals surface area contributed by atoms with Gasteiger partial charge in [0, 0.05) is 0 Å². The first-order valence-corrected chi connectivity index (χ1v) is 10.4. The SMILES string of the molecule is Cc1cc(S(=O)(=O)Nc2ccccc2C(=O)NNC(=O)c2ccccc2O)ccc1F. The number of sulfonamides is 1. The van der Waals surface area contributed by atoms with Crippen LogP contribution in [-0.2, 0) is 10.0 Å². The third-order valence-electron chi connectivity index (χ3n) is 4.29. The van der Waals surface area contributed by atoms with Gasteiger partial charge in [0.15, 0.2) is 0 Å². The van der Waals surface area contributed by atoms with Crippen molar-refractivity contribution >= 4 is 27.5 Å². The predicted molar refractivity (Wildman–Crippen MR) is 111 cm³/mol. The summed E-state index contributed by atoms with van der Waals surface area (Å²) in [5.41, 5.74) is 4.32. The average Bonchev–Trinajstić information content (AvgIpc) is 2.74. The summed E-state index contributed by atoms with van der Waals surface area (Å²) in [6.07, 6.45) is 0. The lowest BCUT2D eigenvalue weighted by molar-refractivity contribution is 0.0845. The second-order valence-corrected chi connectivity index (χ2v) is 8.17. The Morgan fingerprint density at radius 1 is 0.871 bits per heavy atom. The molecule has 4 N–H and O–H groups in total. The number of phenolic OH excluding ortho intramolecular Hbond substituents is 1. The summed E-state index contributed by atoms with van der Waals surface area (Å²) < 4.78 is 41.1. The first-order valence-electron chi connectivity index (χ1n) is 8.96. The third-order valence-corrected chi connectivity index (χ3v) is 5.66. The molecule has 0 radical (unpaired) electrons. The Hall–Kier alpha value is -3.92. The molecule has 0 bridgehead atoms. The van der Waals surface area contributed by atoms with Crippen molar-refractivity contribution in [1.29, 1.82) is 0 Å². The van der Waals surface area contributed by atoms with Crippen LogP contribution in [0.1, 0.15) is 26.3 Å². The van der Waals surface area contributed by atoms with E-state index in [1.807, 2.05) is 0 Å². The summed E-state index contributed by atoms with van der Waals surface area (Å²) >= 11 is 0. The van der Waals surface area contributed by atoms with Crippen LogP contribution >= 0.6 is 0 Å². The zero-order valence-corrected chi connectivity index (χ0v) is 17.0. The topological polar surface area (TPSA) is 125 Å². The van der Waals surface area contributed by atoms with Gasteiger partial charge < -0.3 is 5.11 Å². The molecule has 0 unspecified atom stereocenters. The Labute approximate surface area is 177 Å². The first-order chi connectivity index (χ1) is 14.7. The molecule has 0 aliphatic carbocycles. The maximum Gasteiger partial charge on any atom is 0.273 e. The largest absolute Gasteiger partial charge is 0.507 e. The monoisotopic (exact) mass is 443 g/mol. The van der Waals surface area contributed by atoms with Crippen LogP contribution in [0.15, 0.2) is 71.6 Å². The van der Waals surface area contributed by atoms with E-state index in [1.165, 1.54) is 61.5 Å². The van der Waals surface area contributed by atoms with Crippen molar-refractivity contribution in [1.82, 2.24) is 10.9 Å². The lowest BCUT2D eigenvalue weighted by Gasteiger charge is -2.14. The average molecular weight is 443 g/mol. The molecule has 0 heterocycles. The normalized spacial score (nSPS) is 10.9. The lowest BCUT2D eigenvalue weighted by Crippen LogP contribution is -2.41. The summed E-state index contributed by atoms with van der Waals surface area (Å²) in [6.45, 7) is 1.43. The quantitative estimate of drug-likeness (QED) is 0.452. The number of hydrazine groups is 1. The molecule has 0 aliphatic rings. The molecule has 0 aliphatic heterocycles. The van der Waals surface area contributed by atoms with E-state index in [0.717, 1.165) is 12.1 Å². The van der Waals surface area contributed by atoms with E-state index in [-0.39, 0.29) is 33.0 Å². The fourth-order valence-electron chi connectivity index (χ4n) is 2.67. The molecule has 3 aromatic rings. The molecule has 0 saturated heterocycles. The van der Waals surface area contributed by atoms with Crippen LogP contribution in [0.3, 0.4) is 0 Å². The smallest absolute Gasteiger partial charge is 0.273 e. The minimum atomic E-state index is -4.11. The standard InChI is InChI=1S/C21H18FN3O5S/c1-13-12-14(10-11-17(13)22)31(29,30)25-18-8-4-2-6-15(18)20(27)23-24-21(28)16-7-3-5-9-19(16)26/h2-12,25-26H,1H3,(H,23,27)(H,24,28). The van der Waals surface area contributed by atoms with Gasteiger partial charge in [0.2, 0.25) is 0 Å². The number of hydrogen-bond donors (Lipinski definition) is 4. The summed E-state index contributed by atoms with van der Waals surface area (Å²) in [7, 11) is -4.11. The zero-order valence-electron chi connectivity index (χ0n) is 16.2. The van der Waals surface area contributed by atoms with Crippen LogP contribution in [0.4, 0.5) is 10.1 Å². The number of carbonyl (C=O) groups excluding carboxylic acids is 2. The summed E-state index contributed by atoms with van der Waals surface area (Å²) in [4.78, 5) is 24.5. The highest BCUT2D eigenvalue weighted by Gasteiger charge is 2.20. The molecule has 0 fully saturated rings. The van der Waals surface area contributed by atoms with Crippen LogP contribution in [0.5, 0.6) is 5.75 Å². The second kappa shape index (κ2) is 8.84. The number of rotatable bonds is 5. The number of anilines is 1. The molecule has 0 aromatic heterocycles. The van der Waals surface area contributed by atoms with Gasteiger partial charge in [-0.3, -0.25) is 25.2 Å². The van der Waals surface area contributed by atoms with Crippen molar-refractivity contribution in [3.63, 3.8) is 0 Å². The number of aromatic hydroxyl groups is 1. The van der Waals surface area contributed by atoms with E-state index in [4.69, 9.17) is 0 Å². The van der Waals surface area contributed by atoms with Gasteiger partial charge in [-0.05, 0) is 55.0 Å². The van der Waals surface area contributed by atoms with Crippen LogP contribution in [0.25, 0.3) is 0 Å². The summed E-state index contributed by atoms with van der Waals surface area (Å²) in [6, 6.07) is 14.8. The Morgan fingerprint density at radius 2 is 1.45 bits per heavy atom. The van der Waals surface area contributed by atoms with Crippen LogP contribution in [0.2, 0.25) is 0 Å². The van der Waals surface area contributed by atoms with E-state index in [0.29, 0.717) is 0 Å². The molecule has 0 saturated carbocycles. The Morgan fingerprint density at radius 3 is 2.10 bits per heavy atom. The minimum Gasteiger partial charge on any atom is -0.507 e. The number of benzene rings is 3. The second-order valence-electron chi connectivity index (χ2n) is 6.49. The number of para-hydroxylation sites is 2. The first kappa shape index (κ1) is 21.8. The highest BCUT2D eigenvalue weighted by molar-refractivity contribution is 7.92. The van der Waals surface area contributed by atoms with Gasteiger partial charge in [-0.1, -0.05) is 24.3 Å². The Balaban J connectivity index is 1.78. The predicted octanol–water partition coefficient (Wildman–Crippen LogP) is 2.72. The number of phenols is 1. The van der Waals surface area contributed by atoms with E-state index < -0.39 is 27.7 Å². The molecule has 0 spiro atoms. The van der Waals surface area contributed by atoms with Crippen LogP contribution in [0, 0.1) is 12.7 Å². The van der Waals surface area contributed by atoms with E-state index >= 15 is 0 Å². The molecule has 0 atom stereocenters. The molecule has 3 rings (SSSR count). The Bertz CT molecular complexity index is 1260. The van der Waals surface area contributed by atoms with E-state index in [2.05, 4.69) is 15.6 Å². The van der Waals surface area contributed by atoms with Crippen molar-refractivity contribution in [3.8, 4) is 5.75 Å². The Kier molecular flexibility index (Phi) is 6.21. The van der Waals surface area contributed by atoms with Crippen molar-refractivity contribution in [2.45, 2.75) is 11.8 Å². The highest BCUT2D eigenvalue weighted by atomic mass is 32.2. The number of aryl methyl sites for hydroxylation is 1. The van der Waals surface area contributed by atoms with Crippen LogP contribution < -0.4 is 15.6 Å². The molecule has 31 heavy (non-hydrogen) atoms. The molecule has 10 heteroatoms. The van der Waals surface area contributed by atoms with Gasteiger partial charge in [-0.25, -0.2) is 12.8 Å². The van der Waals surface area contributed by atoms with Crippen molar-refractivity contribution in [3.05, 3.63) is 89.2 Å². The summed E-state index contributed by atoms with van der Waals surface area (Å²) in [5.74, 6) is -2.36. The van der Waals surface area contributed by atoms with E-state index in [1.54, 1.807) is 0 Å². The van der Waals surface area contributed by atoms with Gasteiger partial charge in [0.25, 0.3) is 21.8 Å². The highest BCUT2D eigenvalue weighted by Crippen LogP contribution is 2.21. The number of carbonyl (C=O) groups is 2. The molecule has 8 nitrogen and oxygen atoms in total. The van der Waals surface area contributed by atoms with Gasteiger partial charge in [0.05, 0.1) is 21.7 Å². The number of amides is 2. The van der Waals surface area contributed by atoms with Gasteiger partial charge >= 0.3 is 0 Å².